The average molecular weight is 499 g/mol. The van der Waals surface area contributed by atoms with Crippen molar-refractivity contribution in [2.24, 2.45) is 0 Å². The number of hydrogen-bond donors (Lipinski definition) is 1. The summed E-state index contributed by atoms with van der Waals surface area (Å²) in [4.78, 5) is 12.1. The number of nitrogens with one attached hydrogen (secondary N) is 1. The number of carbonyl (C=O) groups excluding carboxylic acids is 1. The first-order valence-electron chi connectivity index (χ1n) is 11.9. The molecular weight excluding hydrogens is 467 g/mol. The Bertz CT molecular complexity index is 1240. The number of halogens is 2. The van der Waals surface area contributed by atoms with Crippen molar-refractivity contribution in [2.75, 3.05) is 7.11 Å². The van der Waals surface area contributed by atoms with Gasteiger partial charge in [-0.2, -0.15) is 13.9 Å². The molecule has 0 radical (unpaired) electrons. The Hall–Kier alpha value is -2.98. The van der Waals surface area contributed by atoms with Crippen LogP contribution in [-0.4, -0.2) is 53.1 Å². The fourth-order valence-corrected chi connectivity index (χ4v) is 4.27. The molecule has 0 saturated carbocycles. The molecule has 1 aliphatic rings. The summed E-state index contributed by atoms with van der Waals surface area (Å²) >= 11 is 0. The molecule has 1 amide bonds. The summed E-state index contributed by atoms with van der Waals surface area (Å²) in [7, 11) is 1.04. The number of fused-ring (bicyclic) bond motifs is 1. The van der Waals surface area contributed by atoms with Crippen molar-refractivity contribution in [3.63, 3.8) is 0 Å². The lowest BCUT2D eigenvalue weighted by atomic mass is 9.78. The lowest BCUT2D eigenvalue weighted by Gasteiger charge is -2.32. The molecule has 4 rings (SSSR count). The van der Waals surface area contributed by atoms with E-state index in [1.54, 1.807) is 37.0 Å². The number of carbonyl (C=O) groups is 1. The third kappa shape index (κ3) is 4.84. The second kappa shape index (κ2) is 9.16. The van der Waals surface area contributed by atoms with Crippen LogP contribution in [0.5, 0.6) is 5.75 Å². The summed E-state index contributed by atoms with van der Waals surface area (Å²) < 4.78 is 46.7. The molecule has 2 aromatic carbocycles. The van der Waals surface area contributed by atoms with Crippen molar-refractivity contribution < 1.29 is 27.6 Å². The van der Waals surface area contributed by atoms with E-state index >= 15 is 0 Å². The van der Waals surface area contributed by atoms with Crippen molar-refractivity contribution >= 4 is 29.4 Å². The van der Waals surface area contributed by atoms with E-state index in [9.17, 15) is 13.6 Å². The molecule has 0 aliphatic carbocycles. The third-order valence-electron chi connectivity index (χ3n) is 7.10. The first-order chi connectivity index (χ1) is 16.7. The lowest BCUT2D eigenvalue weighted by Crippen LogP contribution is -2.46. The number of aromatic nitrogens is 2. The fourth-order valence-electron chi connectivity index (χ4n) is 4.27. The summed E-state index contributed by atoms with van der Waals surface area (Å²) in [6.07, 6.45) is 1.71. The van der Waals surface area contributed by atoms with Gasteiger partial charge in [0.25, 0.3) is 5.91 Å². The van der Waals surface area contributed by atoms with Gasteiger partial charge < -0.3 is 19.4 Å². The van der Waals surface area contributed by atoms with Crippen LogP contribution < -0.4 is 15.5 Å². The second-order valence-electron chi connectivity index (χ2n) is 10.4. The largest absolute Gasteiger partial charge is 0.497 e. The second-order valence-corrected chi connectivity index (χ2v) is 10.4. The van der Waals surface area contributed by atoms with Crippen molar-refractivity contribution in [3.8, 4) is 5.75 Å². The van der Waals surface area contributed by atoms with Gasteiger partial charge in [0, 0.05) is 12.3 Å². The van der Waals surface area contributed by atoms with Crippen LogP contribution in [0.4, 0.5) is 8.78 Å². The van der Waals surface area contributed by atoms with Crippen LogP contribution in [0, 0.1) is 0 Å². The topological polar surface area (TPSA) is 74.6 Å². The molecule has 36 heavy (non-hydrogen) atoms. The van der Waals surface area contributed by atoms with Gasteiger partial charge in [-0.15, -0.1) is 0 Å². The van der Waals surface area contributed by atoms with Crippen LogP contribution in [0.2, 0.25) is 0 Å². The number of hydrogen-bond acceptors (Lipinski definition) is 5. The van der Waals surface area contributed by atoms with Gasteiger partial charge in [0.2, 0.25) is 0 Å². The maximum absolute atomic E-state index is 13.7. The van der Waals surface area contributed by atoms with E-state index in [2.05, 4.69) is 10.4 Å². The third-order valence-corrected chi connectivity index (χ3v) is 7.10. The van der Waals surface area contributed by atoms with Crippen LogP contribution >= 0.6 is 0 Å². The molecule has 3 aromatic rings. The maximum Gasteiger partial charge on any atom is 0.494 e. The molecule has 2 unspecified atom stereocenters. The van der Waals surface area contributed by atoms with Crippen molar-refractivity contribution in [2.45, 2.75) is 70.8 Å². The number of nitrogens with zero attached hydrogens (tertiary/aromatic N) is 2. The van der Waals surface area contributed by atoms with Gasteiger partial charge in [-0.05, 0) is 63.8 Å². The fraction of sp³-hybridized carbons (Fsp3) is 0.462. The lowest BCUT2D eigenvalue weighted by molar-refractivity contribution is -0.143. The molecule has 2 atom stereocenters. The quantitative estimate of drug-likeness (QED) is 0.496. The summed E-state index contributed by atoms with van der Waals surface area (Å²) in [5.41, 5.74) is 1.48. The summed E-state index contributed by atoms with van der Waals surface area (Å²) in [6.45, 7) is 10.3. The van der Waals surface area contributed by atoms with E-state index < -0.39 is 42.2 Å². The Balaban J connectivity index is 1.72. The minimum Gasteiger partial charge on any atom is -0.497 e. The normalized spacial score (nSPS) is 18.8. The van der Waals surface area contributed by atoms with Gasteiger partial charge in [-0.25, -0.2) is 0 Å². The molecule has 0 spiro atoms. The van der Waals surface area contributed by atoms with Gasteiger partial charge in [0.15, 0.2) is 0 Å². The van der Waals surface area contributed by atoms with E-state index in [0.29, 0.717) is 12.7 Å². The average Bonchev–Trinajstić information content (AvgIpc) is 3.30. The van der Waals surface area contributed by atoms with Crippen molar-refractivity contribution in [1.29, 1.82) is 0 Å². The molecule has 7 nitrogen and oxygen atoms in total. The van der Waals surface area contributed by atoms with Gasteiger partial charge in [-0.3, -0.25) is 9.48 Å². The molecule has 1 aromatic heterocycles. The molecule has 0 bridgehead atoms. The highest BCUT2D eigenvalue weighted by Gasteiger charge is 2.51. The number of methoxy groups -OCH3 is 1. The number of ether oxygens (including phenoxy) is 1. The van der Waals surface area contributed by atoms with Gasteiger partial charge in [0.1, 0.15) is 5.75 Å². The molecule has 1 saturated heterocycles. The first kappa shape index (κ1) is 26.1. The Morgan fingerprint density at radius 1 is 1.11 bits per heavy atom. The molecule has 10 heteroatoms. The van der Waals surface area contributed by atoms with E-state index in [1.807, 2.05) is 58.0 Å². The molecular formula is C26H32BF2N3O4. The molecule has 1 N–H and O–H groups in total. The monoisotopic (exact) mass is 499 g/mol. The highest BCUT2D eigenvalue weighted by Crippen LogP contribution is 2.37. The zero-order valence-corrected chi connectivity index (χ0v) is 21.6. The predicted molar refractivity (Wildman–Crippen MR) is 135 cm³/mol. The van der Waals surface area contributed by atoms with Crippen LogP contribution in [0.15, 0.2) is 48.7 Å². The zero-order valence-electron chi connectivity index (χ0n) is 21.6. The van der Waals surface area contributed by atoms with Crippen LogP contribution in [-0.2, 0) is 14.1 Å². The zero-order chi connectivity index (χ0) is 26.5. The highest BCUT2D eigenvalue weighted by atomic mass is 19.3. The van der Waals surface area contributed by atoms with E-state index in [4.69, 9.17) is 14.0 Å². The maximum atomic E-state index is 13.7. The summed E-state index contributed by atoms with van der Waals surface area (Å²) in [5, 5.41) is 7.88. The van der Waals surface area contributed by atoms with Crippen molar-refractivity contribution in [1.82, 2.24) is 15.1 Å². The minimum absolute atomic E-state index is 0.467. The molecule has 1 fully saturated rings. The minimum atomic E-state index is -3.50. The standard InChI is InChI=1S/C26H32BF2N3O4/c1-16(31-23(33)26(6,28)29)22(17-8-11-20(34-7)12-9-17)32-21-13-10-19(14-18(21)15-30-32)27-35-24(2,3)25(4,5)36-27/h8-16,22H,1-7H3,(H,31,33). The Morgan fingerprint density at radius 3 is 2.28 bits per heavy atom. The van der Waals surface area contributed by atoms with Crippen LogP contribution in [0.3, 0.4) is 0 Å². The molecule has 2 heterocycles. The predicted octanol–water partition coefficient (Wildman–Crippen LogP) is 4.09. The molecule has 1 aliphatic heterocycles. The number of amides is 1. The van der Waals surface area contributed by atoms with E-state index in [1.165, 1.54) is 0 Å². The van der Waals surface area contributed by atoms with Gasteiger partial charge >= 0.3 is 13.0 Å². The van der Waals surface area contributed by atoms with E-state index in [0.717, 1.165) is 21.9 Å². The summed E-state index contributed by atoms with van der Waals surface area (Å²) in [6, 6.07) is 11.8. The van der Waals surface area contributed by atoms with Crippen molar-refractivity contribution in [3.05, 3.63) is 54.2 Å². The van der Waals surface area contributed by atoms with E-state index in [-0.39, 0.29) is 0 Å². The molecule has 192 valence electrons. The highest BCUT2D eigenvalue weighted by molar-refractivity contribution is 6.62. The number of benzene rings is 2. The van der Waals surface area contributed by atoms with Crippen LogP contribution in [0.1, 0.15) is 53.1 Å². The SMILES string of the molecule is COc1ccc(C(C(C)NC(=O)C(C)(F)F)n2ncc3cc(B4OC(C)(C)C(C)(C)O4)ccc32)cc1. The number of alkyl halides is 2. The van der Waals surface area contributed by atoms with Gasteiger partial charge in [0.05, 0.1) is 42.1 Å². The Labute approximate surface area is 210 Å². The Kier molecular flexibility index (Phi) is 6.64. The Morgan fingerprint density at radius 2 is 1.72 bits per heavy atom. The first-order valence-corrected chi connectivity index (χ1v) is 11.9. The summed E-state index contributed by atoms with van der Waals surface area (Å²) in [5.74, 6) is -4.18. The number of rotatable bonds is 7. The smallest absolute Gasteiger partial charge is 0.494 e. The van der Waals surface area contributed by atoms with Crippen LogP contribution in [0.25, 0.3) is 10.9 Å². The van der Waals surface area contributed by atoms with Gasteiger partial charge in [-0.1, -0.05) is 24.3 Å².